The first kappa shape index (κ1) is 12.8. The molecule has 5 heteroatoms. The molecular weight excluding hydrogens is 257 g/mol. The molecule has 0 aliphatic heterocycles. The SMILES string of the molecule is O=C(Nc1cnn(Cc2cccc(F)c2)c1)C1CCC1. The van der Waals surface area contributed by atoms with Crippen molar-refractivity contribution in [1.29, 1.82) is 0 Å². The smallest absolute Gasteiger partial charge is 0.227 e. The number of hydrogen-bond donors (Lipinski definition) is 1. The van der Waals surface area contributed by atoms with Crippen molar-refractivity contribution in [3.8, 4) is 0 Å². The average molecular weight is 273 g/mol. The van der Waals surface area contributed by atoms with Crippen LogP contribution in [0.3, 0.4) is 0 Å². The number of amides is 1. The molecule has 0 spiro atoms. The molecule has 104 valence electrons. The minimum atomic E-state index is -0.256. The molecule has 0 atom stereocenters. The summed E-state index contributed by atoms with van der Waals surface area (Å²) in [5.41, 5.74) is 1.53. The second-order valence-electron chi connectivity index (χ2n) is 5.17. The zero-order chi connectivity index (χ0) is 13.9. The lowest BCUT2D eigenvalue weighted by molar-refractivity contribution is -0.122. The first-order chi connectivity index (χ1) is 9.70. The summed E-state index contributed by atoms with van der Waals surface area (Å²) in [6, 6.07) is 6.41. The van der Waals surface area contributed by atoms with Crippen molar-refractivity contribution in [3.63, 3.8) is 0 Å². The van der Waals surface area contributed by atoms with Gasteiger partial charge >= 0.3 is 0 Å². The maximum atomic E-state index is 13.1. The Morgan fingerprint density at radius 3 is 3.00 bits per heavy atom. The van der Waals surface area contributed by atoms with Crippen LogP contribution in [0.5, 0.6) is 0 Å². The minimum absolute atomic E-state index is 0.0709. The van der Waals surface area contributed by atoms with Gasteiger partial charge in [0, 0.05) is 12.1 Å². The Kier molecular flexibility index (Phi) is 3.50. The molecule has 1 aromatic heterocycles. The van der Waals surface area contributed by atoms with E-state index in [0.29, 0.717) is 12.2 Å². The first-order valence-electron chi connectivity index (χ1n) is 6.78. The van der Waals surface area contributed by atoms with Crippen molar-refractivity contribution < 1.29 is 9.18 Å². The van der Waals surface area contributed by atoms with Crippen LogP contribution in [0.2, 0.25) is 0 Å². The highest BCUT2D eigenvalue weighted by molar-refractivity contribution is 5.92. The van der Waals surface area contributed by atoms with Gasteiger partial charge in [0.2, 0.25) is 5.91 Å². The molecule has 1 heterocycles. The van der Waals surface area contributed by atoms with E-state index in [1.807, 2.05) is 6.07 Å². The van der Waals surface area contributed by atoms with Gasteiger partial charge in [0.05, 0.1) is 18.4 Å². The van der Waals surface area contributed by atoms with Gasteiger partial charge in [-0.3, -0.25) is 9.48 Å². The van der Waals surface area contributed by atoms with Gasteiger partial charge in [-0.2, -0.15) is 5.10 Å². The van der Waals surface area contributed by atoms with Gasteiger partial charge < -0.3 is 5.32 Å². The standard InChI is InChI=1S/C15H16FN3O/c16-13-6-1-3-11(7-13)9-19-10-14(8-17-19)18-15(20)12-4-2-5-12/h1,3,6-8,10,12H,2,4-5,9H2,(H,18,20). The lowest BCUT2D eigenvalue weighted by Crippen LogP contribution is -2.27. The van der Waals surface area contributed by atoms with Gasteiger partial charge in [-0.05, 0) is 30.5 Å². The summed E-state index contributed by atoms with van der Waals surface area (Å²) in [7, 11) is 0. The van der Waals surface area contributed by atoms with E-state index < -0.39 is 0 Å². The van der Waals surface area contributed by atoms with Crippen molar-refractivity contribution in [1.82, 2.24) is 9.78 Å². The van der Waals surface area contributed by atoms with Gasteiger partial charge in [0.25, 0.3) is 0 Å². The predicted molar refractivity (Wildman–Crippen MR) is 73.7 cm³/mol. The summed E-state index contributed by atoms with van der Waals surface area (Å²) in [5, 5.41) is 7.04. The average Bonchev–Trinajstić information content (AvgIpc) is 2.74. The first-order valence-corrected chi connectivity index (χ1v) is 6.78. The number of nitrogens with zero attached hydrogens (tertiary/aromatic N) is 2. The normalized spacial score (nSPS) is 14.8. The number of carbonyl (C=O) groups excluding carboxylic acids is 1. The van der Waals surface area contributed by atoms with Crippen LogP contribution >= 0.6 is 0 Å². The third kappa shape index (κ3) is 2.87. The van der Waals surface area contributed by atoms with Crippen molar-refractivity contribution in [2.45, 2.75) is 25.8 Å². The minimum Gasteiger partial charge on any atom is -0.323 e. The Morgan fingerprint density at radius 1 is 1.45 bits per heavy atom. The number of nitrogens with one attached hydrogen (secondary N) is 1. The molecule has 1 saturated carbocycles. The summed E-state index contributed by atoms with van der Waals surface area (Å²) in [5.74, 6) is -0.0312. The van der Waals surface area contributed by atoms with Crippen LogP contribution < -0.4 is 5.32 Å². The summed E-state index contributed by atoms with van der Waals surface area (Å²) in [6.07, 6.45) is 6.47. The number of hydrogen-bond acceptors (Lipinski definition) is 2. The van der Waals surface area contributed by atoms with Crippen LogP contribution in [0, 0.1) is 11.7 Å². The number of carbonyl (C=O) groups is 1. The molecule has 1 amide bonds. The predicted octanol–water partition coefficient (Wildman–Crippen LogP) is 2.81. The highest BCUT2D eigenvalue weighted by atomic mass is 19.1. The lowest BCUT2D eigenvalue weighted by Gasteiger charge is -2.23. The van der Waals surface area contributed by atoms with Crippen molar-refractivity contribution in [3.05, 3.63) is 48.0 Å². The number of rotatable bonds is 4. The number of aromatic nitrogens is 2. The van der Waals surface area contributed by atoms with E-state index in [9.17, 15) is 9.18 Å². The van der Waals surface area contributed by atoms with E-state index in [4.69, 9.17) is 0 Å². The molecule has 1 aliphatic carbocycles. The van der Waals surface area contributed by atoms with Crippen LogP contribution in [0.25, 0.3) is 0 Å². The van der Waals surface area contributed by atoms with Gasteiger partial charge in [-0.1, -0.05) is 18.6 Å². The maximum absolute atomic E-state index is 13.1. The number of halogens is 1. The highest BCUT2D eigenvalue weighted by Gasteiger charge is 2.25. The van der Waals surface area contributed by atoms with E-state index in [-0.39, 0.29) is 17.6 Å². The lowest BCUT2D eigenvalue weighted by atomic mass is 9.85. The Hall–Kier alpha value is -2.17. The van der Waals surface area contributed by atoms with Crippen LogP contribution in [0.1, 0.15) is 24.8 Å². The monoisotopic (exact) mass is 273 g/mol. The number of anilines is 1. The van der Waals surface area contributed by atoms with Crippen LogP contribution in [0.15, 0.2) is 36.7 Å². The second-order valence-corrected chi connectivity index (χ2v) is 5.17. The Morgan fingerprint density at radius 2 is 2.30 bits per heavy atom. The quantitative estimate of drug-likeness (QED) is 0.931. The fraction of sp³-hybridized carbons (Fsp3) is 0.333. The van der Waals surface area contributed by atoms with E-state index in [1.54, 1.807) is 23.1 Å². The van der Waals surface area contributed by atoms with E-state index in [0.717, 1.165) is 24.8 Å². The summed E-state index contributed by atoms with van der Waals surface area (Å²) in [6.45, 7) is 0.483. The van der Waals surface area contributed by atoms with Crippen LogP contribution in [-0.4, -0.2) is 15.7 Å². The molecule has 1 N–H and O–H groups in total. The molecule has 4 nitrogen and oxygen atoms in total. The van der Waals surface area contributed by atoms with E-state index in [2.05, 4.69) is 10.4 Å². The van der Waals surface area contributed by atoms with Crippen molar-refractivity contribution in [2.75, 3.05) is 5.32 Å². The summed E-state index contributed by atoms with van der Waals surface area (Å²) in [4.78, 5) is 11.8. The van der Waals surface area contributed by atoms with Crippen molar-refractivity contribution >= 4 is 11.6 Å². The van der Waals surface area contributed by atoms with Gasteiger partial charge in [0.15, 0.2) is 0 Å². The molecule has 0 radical (unpaired) electrons. The zero-order valence-corrected chi connectivity index (χ0v) is 11.1. The van der Waals surface area contributed by atoms with Gasteiger partial charge in [0.1, 0.15) is 5.82 Å². The maximum Gasteiger partial charge on any atom is 0.227 e. The third-order valence-electron chi connectivity index (χ3n) is 3.61. The molecular formula is C15H16FN3O. The fourth-order valence-corrected chi connectivity index (χ4v) is 2.25. The topological polar surface area (TPSA) is 46.9 Å². The Balaban J connectivity index is 1.63. The molecule has 20 heavy (non-hydrogen) atoms. The second kappa shape index (κ2) is 5.45. The van der Waals surface area contributed by atoms with E-state index >= 15 is 0 Å². The molecule has 0 saturated heterocycles. The molecule has 1 fully saturated rings. The van der Waals surface area contributed by atoms with E-state index in [1.165, 1.54) is 12.1 Å². The largest absolute Gasteiger partial charge is 0.323 e. The summed E-state index contributed by atoms with van der Waals surface area (Å²) >= 11 is 0. The molecule has 0 unspecified atom stereocenters. The van der Waals surface area contributed by atoms with Crippen LogP contribution in [0.4, 0.5) is 10.1 Å². The number of benzene rings is 1. The zero-order valence-electron chi connectivity index (χ0n) is 11.1. The fourth-order valence-electron chi connectivity index (χ4n) is 2.25. The Labute approximate surface area is 116 Å². The van der Waals surface area contributed by atoms with Gasteiger partial charge in [-0.25, -0.2) is 4.39 Å². The summed E-state index contributed by atoms with van der Waals surface area (Å²) < 4.78 is 14.8. The van der Waals surface area contributed by atoms with Gasteiger partial charge in [-0.15, -0.1) is 0 Å². The molecule has 3 rings (SSSR count). The van der Waals surface area contributed by atoms with Crippen LogP contribution in [-0.2, 0) is 11.3 Å². The third-order valence-corrected chi connectivity index (χ3v) is 3.61. The Bertz CT molecular complexity index is 619. The highest BCUT2D eigenvalue weighted by Crippen LogP contribution is 2.27. The van der Waals surface area contributed by atoms with Crippen molar-refractivity contribution in [2.24, 2.45) is 5.92 Å². The molecule has 2 aromatic rings. The molecule has 1 aliphatic rings. The molecule has 1 aromatic carbocycles. The molecule has 0 bridgehead atoms.